The number of epoxide rings is 1. The van der Waals surface area contributed by atoms with E-state index in [9.17, 15) is 4.79 Å². The van der Waals surface area contributed by atoms with Crippen LogP contribution in [0.5, 0.6) is 0 Å². The van der Waals surface area contributed by atoms with Crippen LogP contribution < -0.4 is 0 Å². The first-order valence-corrected chi connectivity index (χ1v) is 8.68. The van der Waals surface area contributed by atoms with E-state index >= 15 is 0 Å². The molecule has 4 nitrogen and oxygen atoms in total. The standard InChI is InChI=1S/C17H30O4/c18-16(19)17(14-21-17)11-6-7-12-20-13-10-15-8-4-2-1-3-5-9-15/h15H,1-14H2,(H,18,19). The lowest BCUT2D eigenvalue weighted by molar-refractivity contribution is -0.143. The Morgan fingerprint density at radius 3 is 2.38 bits per heavy atom. The minimum Gasteiger partial charge on any atom is -0.479 e. The van der Waals surface area contributed by atoms with Crippen molar-refractivity contribution in [1.82, 2.24) is 0 Å². The fraction of sp³-hybridized carbons (Fsp3) is 0.941. The second-order valence-electron chi connectivity index (χ2n) is 6.66. The molecule has 0 aromatic heterocycles. The molecular formula is C17H30O4. The van der Waals surface area contributed by atoms with E-state index in [2.05, 4.69) is 0 Å². The van der Waals surface area contributed by atoms with Crippen LogP contribution in [0.2, 0.25) is 0 Å². The highest BCUT2D eigenvalue weighted by Crippen LogP contribution is 2.32. The summed E-state index contributed by atoms with van der Waals surface area (Å²) in [5.41, 5.74) is -0.848. The summed E-state index contributed by atoms with van der Waals surface area (Å²) in [6.07, 6.45) is 13.4. The number of carboxylic acid groups (broad SMARTS) is 1. The molecule has 4 heteroatoms. The van der Waals surface area contributed by atoms with Crippen molar-refractivity contribution >= 4 is 5.97 Å². The van der Waals surface area contributed by atoms with Crippen molar-refractivity contribution in [2.75, 3.05) is 19.8 Å². The van der Waals surface area contributed by atoms with Crippen LogP contribution in [0.15, 0.2) is 0 Å². The topological polar surface area (TPSA) is 59.1 Å². The molecule has 1 aliphatic carbocycles. The summed E-state index contributed by atoms with van der Waals surface area (Å²) in [6.45, 7) is 2.00. The van der Waals surface area contributed by atoms with Crippen molar-refractivity contribution in [1.29, 1.82) is 0 Å². The Kier molecular flexibility index (Phi) is 6.97. The second-order valence-corrected chi connectivity index (χ2v) is 6.66. The molecule has 0 radical (unpaired) electrons. The average molecular weight is 298 g/mol. The highest BCUT2D eigenvalue weighted by Gasteiger charge is 2.51. The van der Waals surface area contributed by atoms with Crippen LogP contribution in [-0.4, -0.2) is 36.5 Å². The Bertz CT molecular complexity index is 304. The van der Waals surface area contributed by atoms with Crippen molar-refractivity contribution < 1.29 is 19.4 Å². The van der Waals surface area contributed by atoms with Gasteiger partial charge in [-0.2, -0.15) is 0 Å². The zero-order valence-electron chi connectivity index (χ0n) is 13.1. The van der Waals surface area contributed by atoms with E-state index in [1.54, 1.807) is 0 Å². The van der Waals surface area contributed by atoms with Gasteiger partial charge in [0, 0.05) is 13.2 Å². The number of rotatable bonds is 9. The quantitative estimate of drug-likeness (QED) is 0.520. The van der Waals surface area contributed by atoms with E-state index in [0.29, 0.717) is 13.0 Å². The average Bonchev–Trinajstić information content (AvgIpc) is 3.20. The molecule has 1 aliphatic heterocycles. The zero-order valence-corrected chi connectivity index (χ0v) is 13.1. The van der Waals surface area contributed by atoms with Crippen LogP contribution in [0.25, 0.3) is 0 Å². The molecule has 1 heterocycles. The lowest BCUT2D eigenvalue weighted by Crippen LogP contribution is -2.23. The van der Waals surface area contributed by atoms with Gasteiger partial charge in [0.2, 0.25) is 0 Å². The van der Waals surface area contributed by atoms with Gasteiger partial charge in [-0.1, -0.05) is 44.9 Å². The first-order chi connectivity index (χ1) is 10.2. The predicted octanol–water partition coefficient (Wildman–Crippen LogP) is 3.78. The highest BCUT2D eigenvalue weighted by atomic mass is 16.6. The van der Waals surface area contributed by atoms with Gasteiger partial charge in [0.05, 0.1) is 6.61 Å². The summed E-state index contributed by atoms with van der Waals surface area (Å²) in [5, 5.41) is 8.98. The van der Waals surface area contributed by atoms with Gasteiger partial charge in [0.25, 0.3) is 0 Å². The molecule has 1 atom stereocenters. The van der Waals surface area contributed by atoms with Crippen LogP contribution in [0, 0.1) is 5.92 Å². The maximum atomic E-state index is 10.9. The fourth-order valence-electron chi connectivity index (χ4n) is 3.26. The largest absolute Gasteiger partial charge is 0.479 e. The van der Waals surface area contributed by atoms with E-state index in [4.69, 9.17) is 14.6 Å². The van der Waals surface area contributed by atoms with E-state index in [0.717, 1.165) is 32.0 Å². The van der Waals surface area contributed by atoms with E-state index in [1.807, 2.05) is 0 Å². The molecule has 0 bridgehead atoms. The van der Waals surface area contributed by atoms with E-state index < -0.39 is 11.6 Å². The fourth-order valence-corrected chi connectivity index (χ4v) is 3.26. The molecule has 1 saturated carbocycles. The summed E-state index contributed by atoms with van der Waals surface area (Å²) in [4.78, 5) is 10.9. The number of ether oxygens (including phenoxy) is 2. The van der Waals surface area contributed by atoms with Crippen LogP contribution in [0.3, 0.4) is 0 Å². The summed E-state index contributed by atoms with van der Waals surface area (Å²) in [6, 6.07) is 0. The number of carbonyl (C=O) groups is 1. The zero-order chi connectivity index (χ0) is 15.0. The van der Waals surface area contributed by atoms with Crippen molar-refractivity contribution in [2.45, 2.75) is 76.2 Å². The molecule has 1 N–H and O–H groups in total. The Morgan fingerprint density at radius 2 is 1.76 bits per heavy atom. The summed E-state index contributed by atoms with van der Waals surface area (Å²) < 4.78 is 10.8. The number of aliphatic carboxylic acids is 1. The summed E-state index contributed by atoms with van der Waals surface area (Å²) in [7, 11) is 0. The van der Waals surface area contributed by atoms with Gasteiger partial charge in [-0.25, -0.2) is 4.79 Å². The third kappa shape index (κ3) is 5.95. The van der Waals surface area contributed by atoms with Crippen LogP contribution >= 0.6 is 0 Å². The van der Waals surface area contributed by atoms with E-state index in [1.165, 1.54) is 51.4 Å². The molecule has 0 amide bonds. The molecule has 0 aromatic carbocycles. The molecule has 21 heavy (non-hydrogen) atoms. The van der Waals surface area contributed by atoms with Crippen LogP contribution in [-0.2, 0) is 14.3 Å². The van der Waals surface area contributed by atoms with Crippen molar-refractivity contribution in [3.8, 4) is 0 Å². The first-order valence-electron chi connectivity index (χ1n) is 8.68. The highest BCUT2D eigenvalue weighted by molar-refractivity contribution is 5.80. The molecule has 0 aromatic rings. The smallest absolute Gasteiger partial charge is 0.338 e. The Labute approximate surface area is 128 Å². The van der Waals surface area contributed by atoms with Gasteiger partial charge >= 0.3 is 5.97 Å². The third-order valence-corrected chi connectivity index (χ3v) is 4.90. The molecule has 1 saturated heterocycles. The summed E-state index contributed by atoms with van der Waals surface area (Å²) in [5.74, 6) is 0.0492. The molecule has 0 spiro atoms. The minimum absolute atomic E-state index is 0.380. The Morgan fingerprint density at radius 1 is 1.10 bits per heavy atom. The van der Waals surface area contributed by atoms with Gasteiger partial charge in [-0.3, -0.25) is 0 Å². The van der Waals surface area contributed by atoms with Crippen molar-refractivity contribution in [2.24, 2.45) is 5.92 Å². The Balaban J connectivity index is 1.43. The van der Waals surface area contributed by atoms with E-state index in [-0.39, 0.29) is 0 Å². The van der Waals surface area contributed by atoms with Gasteiger partial charge in [0.15, 0.2) is 5.60 Å². The molecule has 122 valence electrons. The van der Waals surface area contributed by atoms with Gasteiger partial charge < -0.3 is 14.6 Å². The molecule has 2 aliphatic rings. The lowest BCUT2D eigenvalue weighted by Gasteiger charge is -2.19. The third-order valence-electron chi connectivity index (χ3n) is 4.90. The van der Waals surface area contributed by atoms with Crippen molar-refractivity contribution in [3.63, 3.8) is 0 Å². The van der Waals surface area contributed by atoms with Crippen molar-refractivity contribution in [3.05, 3.63) is 0 Å². The maximum Gasteiger partial charge on any atom is 0.338 e. The van der Waals surface area contributed by atoms with Gasteiger partial charge in [-0.05, 0) is 31.6 Å². The lowest BCUT2D eigenvalue weighted by atomic mass is 9.89. The van der Waals surface area contributed by atoms with Gasteiger partial charge in [0.1, 0.15) is 0 Å². The second kappa shape index (κ2) is 8.74. The normalized spacial score (nSPS) is 27.0. The first kappa shape index (κ1) is 16.8. The van der Waals surface area contributed by atoms with Gasteiger partial charge in [-0.15, -0.1) is 0 Å². The maximum absolute atomic E-state index is 10.9. The number of unbranched alkanes of at least 4 members (excludes halogenated alkanes) is 1. The molecular weight excluding hydrogens is 268 g/mol. The number of hydrogen-bond donors (Lipinski definition) is 1. The SMILES string of the molecule is O=C(O)C1(CCCCOCCC2CCCCCCC2)CO1. The molecule has 1 unspecified atom stereocenters. The monoisotopic (exact) mass is 298 g/mol. The number of carboxylic acids is 1. The van der Waals surface area contributed by atoms with Crippen LogP contribution in [0.1, 0.15) is 70.6 Å². The minimum atomic E-state index is -0.848. The predicted molar refractivity (Wildman–Crippen MR) is 81.4 cm³/mol. The molecule has 2 rings (SSSR count). The van der Waals surface area contributed by atoms with Crippen LogP contribution in [0.4, 0.5) is 0 Å². The Hall–Kier alpha value is -0.610. The summed E-state index contributed by atoms with van der Waals surface area (Å²) >= 11 is 0. The molecule has 2 fully saturated rings. The number of hydrogen-bond acceptors (Lipinski definition) is 3.